The second-order valence-corrected chi connectivity index (χ2v) is 19.5. The molecule has 0 saturated carbocycles. The lowest BCUT2D eigenvalue weighted by Crippen LogP contribution is -2.38. The van der Waals surface area contributed by atoms with Crippen LogP contribution < -0.4 is 32.0 Å². The van der Waals surface area contributed by atoms with E-state index in [0.717, 1.165) is 10.1 Å². The number of methoxy groups -OCH3 is 2. The minimum Gasteiger partial charge on any atom is -0.497 e. The topological polar surface area (TPSA) is 259 Å². The van der Waals surface area contributed by atoms with Crippen LogP contribution in [-0.4, -0.2) is 87.2 Å². The van der Waals surface area contributed by atoms with E-state index >= 15 is 0 Å². The molecule has 0 amide bonds. The Morgan fingerprint density at radius 3 is 1.83 bits per heavy atom. The summed E-state index contributed by atoms with van der Waals surface area (Å²) in [6.45, 7) is -1.77. The molecule has 2 saturated heterocycles. The number of nitro groups is 1. The first-order chi connectivity index (χ1) is 34.1. The molecule has 2 aromatic heterocycles. The van der Waals surface area contributed by atoms with Crippen molar-refractivity contribution in [1.82, 2.24) is 19.1 Å². The molecule has 3 N–H and O–H groups in total. The highest BCUT2D eigenvalue weighted by atomic mass is 32.5. The van der Waals surface area contributed by atoms with Gasteiger partial charge in [-0.3, -0.25) is 47.9 Å². The second-order valence-electron chi connectivity index (χ2n) is 16.6. The number of oxime groups is 1. The Kier molecular flexibility index (Phi) is 15.4. The number of nitrogens with one attached hydrogen (secondary N) is 2. The molecule has 0 bridgehead atoms. The predicted octanol–water partition coefficient (Wildman–Crippen LogP) is 5.25. The first kappa shape index (κ1) is 50.5. The summed E-state index contributed by atoms with van der Waals surface area (Å²) in [6, 6.07) is 29.7. The molecule has 71 heavy (non-hydrogen) atoms. The summed E-state index contributed by atoms with van der Waals surface area (Å²) >= 11 is 6.04. The third-order valence-electron chi connectivity index (χ3n) is 12.0. The van der Waals surface area contributed by atoms with Gasteiger partial charge in [0.15, 0.2) is 0 Å². The summed E-state index contributed by atoms with van der Waals surface area (Å²) < 4.78 is 52.2. The van der Waals surface area contributed by atoms with Crippen molar-refractivity contribution in [2.45, 2.75) is 69.2 Å². The van der Waals surface area contributed by atoms with Gasteiger partial charge in [0, 0.05) is 60.3 Å². The molecule has 2 aliphatic heterocycles. The van der Waals surface area contributed by atoms with Crippen LogP contribution in [-0.2, 0) is 45.3 Å². The molecule has 2 fully saturated rings. The number of H-pyrrole nitrogens is 2. The van der Waals surface area contributed by atoms with Gasteiger partial charge in [-0.15, -0.1) is 0 Å². The van der Waals surface area contributed by atoms with Crippen LogP contribution in [0.3, 0.4) is 0 Å². The average molecular weight is 1010 g/mol. The first-order valence-electron chi connectivity index (χ1n) is 22.1. The number of aromatic nitrogens is 4. The van der Waals surface area contributed by atoms with Crippen LogP contribution in [0.5, 0.6) is 11.5 Å². The van der Waals surface area contributed by atoms with Gasteiger partial charge in [0.2, 0.25) is 0 Å². The molecule has 0 aliphatic carbocycles. The van der Waals surface area contributed by atoms with Crippen LogP contribution >= 0.6 is 6.72 Å². The monoisotopic (exact) mass is 1010 g/mol. The maximum atomic E-state index is 13.4. The van der Waals surface area contributed by atoms with Crippen LogP contribution in [0, 0.1) is 24.0 Å². The molecular formula is C48H49N6O15PS. The number of ether oxygens (including phenoxy) is 5. The number of aliphatic hydroxyl groups is 1. The van der Waals surface area contributed by atoms with Gasteiger partial charge in [-0.25, -0.2) is 9.59 Å². The molecule has 0 radical (unpaired) electrons. The summed E-state index contributed by atoms with van der Waals surface area (Å²) in [7, 11) is 3.13. The number of rotatable bonds is 19. The van der Waals surface area contributed by atoms with E-state index in [1.165, 1.54) is 54.4 Å². The zero-order chi connectivity index (χ0) is 50.5. The van der Waals surface area contributed by atoms with Crippen molar-refractivity contribution < 1.29 is 47.4 Å². The van der Waals surface area contributed by atoms with Gasteiger partial charge in [-0.05, 0) is 72.5 Å². The Bertz CT molecular complexity index is 3120. The van der Waals surface area contributed by atoms with Gasteiger partial charge in [0.25, 0.3) is 16.8 Å². The van der Waals surface area contributed by atoms with Crippen LogP contribution in [0.4, 0.5) is 5.69 Å². The molecule has 372 valence electrons. The molecule has 1 unspecified atom stereocenters. The largest absolute Gasteiger partial charge is 0.497 e. The lowest BCUT2D eigenvalue weighted by Gasteiger charge is -2.37. The molecule has 8 rings (SSSR count). The standard InChI is InChI=1S/C48H49N6O15PS/c1-29-25-52(46(58)50-44(29)56)42-22-38(55)40(66-42)28-65-70(71,69-49-24-31-10-16-35(17-11-31)54(60)61)68-39-23-43(53-26-30(2)45(57)51-47(53)59)67-41(39)27-64-48(32-8-6-5-7-9-32,33-12-18-36(62-3)19-13-33)34-14-20-37(63-4)21-15-34/h5-21,24-26,38-43,55H,22-23,27-28H2,1-4H3,(H,50,56,58)(H,51,57,59)/b49-24-/t38-,39-,40+,41+,42+,43+,70?/m0/s1. The third kappa shape index (κ3) is 11.2. The summed E-state index contributed by atoms with van der Waals surface area (Å²) in [5.74, 6) is 1.21. The lowest BCUT2D eigenvalue weighted by atomic mass is 9.80. The second kappa shape index (κ2) is 21.6. The number of non-ortho nitro benzene ring substituents is 1. The van der Waals surface area contributed by atoms with Crippen molar-refractivity contribution >= 4 is 30.4 Å². The van der Waals surface area contributed by atoms with E-state index in [4.69, 9.17) is 49.2 Å². The normalized spacial score (nSPS) is 21.0. The van der Waals surface area contributed by atoms with E-state index in [9.17, 15) is 34.4 Å². The third-order valence-corrected chi connectivity index (χ3v) is 14.1. The minimum absolute atomic E-state index is 0.0568. The molecule has 21 nitrogen and oxygen atoms in total. The fourth-order valence-corrected chi connectivity index (χ4v) is 10.1. The number of aromatic amines is 2. The maximum Gasteiger partial charge on any atom is 0.402 e. The quantitative estimate of drug-likeness (QED) is 0.0308. The number of nitrogens with zero attached hydrogens (tertiary/aromatic N) is 4. The van der Waals surface area contributed by atoms with Crippen molar-refractivity contribution in [3.8, 4) is 11.5 Å². The summed E-state index contributed by atoms with van der Waals surface area (Å²) in [4.78, 5) is 66.1. The summed E-state index contributed by atoms with van der Waals surface area (Å²) in [5, 5.41) is 26.6. The van der Waals surface area contributed by atoms with Gasteiger partial charge in [-0.1, -0.05) is 59.8 Å². The van der Waals surface area contributed by atoms with E-state index in [-0.39, 0.29) is 36.3 Å². The highest BCUT2D eigenvalue weighted by molar-refractivity contribution is 8.07. The first-order valence-corrected chi connectivity index (χ1v) is 24.7. The Morgan fingerprint density at radius 2 is 1.30 bits per heavy atom. The molecule has 0 spiro atoms. The zero-order valence-electron chi connectivity index (χ0n) is 38.6. The molecule has 23 heteroatoms. The minimum atomic E-state index is -4.16. The van der Waals surface area contributed by atoms with E-state index in [2.05, 4.69) is 15.1 Å². The Balaban J connectivity index is 1.16. The summed E-state index contributed by atoms with van der Waals surface area (Å²) in [6.07, 6.45) is -2.67. The van der Waals surface area contributed by atoms with Crippen LogP contribution in [0.1, 0.15) is 58.7 Å². The van der Waals surface area contributed by atoms with E-state index in [0.29, 0.717) is 28.2 Å². The van der Waals surface area contributed by atoms with Crippen LogP contribution in [0.15, 0.2) is 140 Å². The number of hydrogen-bond acceptors (Lipinski definition) is 17. The number of benzene rings is 4. The highest BCUT2D eigenvalue weighted by Crippen LogP contribution is 2.55. The number of nitro benzene ring substituents is 1. The predicted molar refractivity (Wildman–Crippen MR) is 260 cm³/mol. The van der Waals surface area contributed by atoms with Gasteiger partial charge >= 0.3 is 18.1 Å². The molecule has 4 heterocycles. The van der Waals surface area contributed by atoms with Crippen molar-refractivity contribution in [1.29, 1.82) is 0 Å². The summed E-state index contributed by atoms with van der Waals surface area (Å²) in [5.41, 5.74) is -1.09. The van der Waals surface area contributed by atoms with E-state index < -0.39 is 83.2 Å². The van der Waals surface area contributed by atoms with Gasteiger partial charge in [0.1, 0.15) is 47.9 Å². The van der Waals surface area contributed by atoms with E-state index in [1.807, 2.05) is 78.9 Å². The molecular weight excluding hydrogens is 964 g/mol. The molecule has 2 aliphatic rings. The van der Waals surface area contributed by atoms with E-state index in [1.54, 1.807) is 21.1 Å². The number of aryl methyl sites for hydroxylation is 2. The smallest absolute Gasteiger partial charge is 0.402 e. The lowest BCUT2D eigenvalue weighted by molar-refractivity contribution is -0.384. The highest BCUT2D eigenvalue weighted by Gasteiger charge is 2.46. The van der Waals surface area contributed by atoms with Crippen molar-refractivity contribution in [2.75, 3.05) is 27.4 Å². The Hall–Kier alpha value is -6.88. The van der Waals surface area contributed by atoms with Gasteiger partial charge < -0.3 is 33.4 Å². The van der Waals surface area contributed by atoms with Gasteiger partial charge in [-0.2, -0.15) is 0 Å². The SMILES string of the molecule is COc1ccc(C(OC[C@H]2O[C@@H](n3cc(C)c(=O)[nH]c3=O)C[C@@H]2OP(=S)(OC[C@H]2O[C@@H](n3cc(C)c(=O)[nH]c3=O)C[C@@H]2O)O/N=C\c2ccc([N+](=O)[O-])cc2)(c2ccccc2)c2ccc(OC)cc2)cc1. The average Bonchev–Trinajstić information content (AvgIpc) is 3.95. The Labute approximate surface area is 409 Å². The molecule has 4 aromatic carbocycles. The van der Waals surface area contributed by atoms with Crippen molar-refractivity contribution in [3.05, 3.63) is 201 Å². The van der Waals surface area contributed by atoms with Crippen LogP contribution in [0.25, 0.3) is 0 Å². The fraction of sp³-hybridized carbons (Fsp3) is 0.312. The van der Waals surface area contributed by atoms with Crippen LogP contribution in [0.2, 0.25) is 0 Å². The van der Waals surface area contributed by atoms with Crippen molar-refractivity contribution in [2.24, 2.45) is 5.16 Å². The zero-order valence-corrected chi connectivity index (χ0v) is 40.4. The van der Waals surface area contributed by atoms with Gasteiger partial charge in [0.05, 0.1) is 44.7 Å². The molecule has 7 atom stereocenters. The fourth-order valence-electron chi connectivity index (χ4n) is 8.28. The maximum absolute atomic E-state index is 13.4. The molecule has 6 aromatic rings. The van der Waals surface area contributed by atoms with Crippen molar-refractivity contribution in [3.63, 3.8) is 0 Å². The Morgan fingerprint density at radius 1 is 0.775 bits per heavy atom. The number of hydrogen-bond donors (Lipinski definition) is 3. The number of aliphatic hydroxyl groups excluding tert-OH is 1.